The summed E-state index contributed by atoms with van der Waals surface area (Å²) in [7, 11) is 0. The van der Waals surface area contributed by atoms with Gasteiger partial charge in [0, 0.05) is 18.0 Å². The van der Waals surface area contributed by atoms with Gasteiger partial charge in [0.15, 0.2) is 5.13 Å². The van der Waals surface area contributed by atoms with Gasteiger partial charge in [0.2, 0.25) is 0 Å². The van der Waals surface area contributed by atoms with E-state index in [1.165, 1.54) is 40.7 Å². The van der Waals surface area contributed by atoms with Gasteiger partial charge in [0.1, 0.15) is 0 Å². The zero-order valence-corrected chi connectivity index (χ0v) is 10.9. The molecule has 3 rings (SSSR count). The molecule has 0 spiro atoms. The standard InChI is InChI=1S/C12H14N2S2/c1-15-9-4-5-10-11(8-9)16-12(13-10)14-6-2-3-7-14/h4-5,8H,2-3,6-7H2,1H3. The van der Waals surface area contributed by atoms with Gasteiger partial charge in [-0.25, -0.2) is 4.98 Å². The number of thiazole rings is 1. The predicted octanol–water partition coefficient (Wildman–Crippen LogP) is 3.62. The first-order valence-corrected chi connectivity index (χ1v) is 7.60. The van der Waals surface area contributed by atoms with Gasteiger partial charge in [-0.1, -0.05) is 11.3 Å². The van der Waals surface area contributed by atoms with Gasteiger partial charge in [0.05, 0.1) is 10.2 Å². The van der Waals surface area contributed by atoms with Crippen molar-refractivity contribution >= 4 is 38.4 Å². The van der Waals surface area contributed by atoms with Crippen molar-refractivity contribution in [2.24, 2.45) is 0 Å². The molecular formula is C12H14N2S2. The molecule has 0 saturated carbocycles. The molecule has 1 saturated heterocycles. The van der Waals surface area contributed by atoms with Crippen LogP contribution in [0.25, 0.3) is 10.2 Å². The Morgan fingerprint density at radius 3 is 2.88 bits per heavy atom. The van der Waals surface area contributed by atoms with E-state index in [2.05, 4.69) is 29.4 Å². The highest BCUT2D eigenvalue weighted by molar-refractivity contribution is 7.98. The minimum absolute atomic E-state index is 1.14. The van der Waals surface area contributed by atoms with Gasteiger partial charge in [0.25, 0.3) is 0 Å². The number of nitrogens with zero attached hydrogens (tertiary/aromatic N) is 2. The van der Waals surface area contributed by atoms with Gasteiger partial charge >= 0.3 is 0 Å². The van der Waals surface area contributed by atoms with Crippen LogP contribution in [0.1, 0.15) is 12.8 Å². The molecular weight excluding hydrogens is 236 g/mol. The van der Waals surface area contributed by atoms with E-state index >= 15 is 0 Å². The number of aromatic nitrogens is 1. The molecule has 0 atom stereocenters. The molecule has 0 bridgehead atoms. The van der Waals surface area contributed by atoms with E-state index in [0.717, 1.165) is 5.52 Å². The van der Waals surface area contributed by atoms with Gasteiger partial charge in [-0.2, -0.15) is 0 Å². The summed E-state index contributed by atoms with van der Waals surface area (Å²) in [5.74, 6) is 0. The van der Waals surface area contributed by atoms with Crippen LogP contribution < -0.4 is 4.90 Å². The normalized spacial score (nSPS) is 16.2. The third kappa shape index (κ3) is 1.80. The molecule has 0 amide bonds. The molecule has 1 aromatic carbocycles. The van der Waals surface area contributed by atoms with Crippen molar-refractivity contribution in [2.45, 2.75) is 17.7 Å². The minimum Gasteiger partial charge on any atom is -0.348 e. The van der Waals surface area contributed by atoms with Crippen LogP contribution in [0, 0.1) is 0 Å². The zero-order chi connectivity index (χ0) is 11.0. The van der Waals surface area contributed by atoms with Gasteiger partial charge < -0.3 is 4.90 Å². The van der Waals surface area contributed by atoms with Crippen LogP contribution in [0.5, 0.6) is 0 Å². The van der Waals surface area contributed by atoms with E-state index in [0.29, 0.717) is 0 Å². The van der Waals surface area contributed by atoms with Crippen molar-refractivity contribution in [2.75, 3.05) is 24.2 Å². The summed E-state index contributed by atoms with van der Waals surface area (Å²) in [5.41, 5.74) is 1.14. The second-order valence-electron chi connectivity index (χ2n) is 4.02. The van der Waals surface area contributed by atoms with Crippen molar-refractivity contribution in [1.29, 1.82) is 0 Å². The monoisotopic (exact) mass is 250 g/mol. The summed E-state index contributed by atoms with van der Waals surface area (Å²) in [6, 6.07) is 6.54. The second kappa shape index (κ2) is 4.26. The third-order valence-corrected chi connectivity index (χ3v) is 4.77. The lowest BCUT2D eigenvalue weighted by molar-refractivity contribution is 0.949. The number of anilines is 1. The fourth-order valence-corrected chi connectivity index (χ4v) is 3.63. The summed E-state index contributed by atoms with van der Waals surface area (Å²) in [6.45, 7) is 2.35. The number of thioether (sulfide) groups is 1. The van der Waals surface area contributed by atoms with E-state index in [4.69, 9.17) is 4.98 Å². The fourth-order valence-electron chi connectivity index (χ4n) is 2.06. The number of hydrogen-bond acceptors (Lipinski definition) is 4. The fraction of sp³-hybridized carbons (Fsp3) is 0.417. The molecule has 0 aliphatic carbocycles. The molecule has 2 nitrogen and oxygen atoms in total. The molecule has 2 aromatic rings. The lowest BCUT2D eigenvalue weighted by Gasteiger charge is -2.11. The van der Waals surface area contributed by atoms with Crippen LogP contribution in [0.2, 0.25) is 0 Å². The van der Waals surface area contributed by atoms with Gasteiger partial charge in [-0.15, -0.1) is 11.8 Å². The average Bonchev–Trinajstić information content (AvgIpc) is 2.96. The van der Waals surface area contributed by atoms with Crippen molar-refractivity contribution in [3.05, 3.63) is 18.2 Å². The Labute approximate surface area is 104 Å². The Kier molecular flexibility index (Phi) is 2.77. The highest BCUT2D eigenvalue weighted by atomic mass is 32.2. The van der Waals surface area contributed by atoms with Crippen LogP contribution in [0.4, 0.5) is 5.13 Å². The first-order valence-electron chi connectivity index (χ1n) is 5.56. The van der Waals surface area contributed by atoms with Crippen molar-refractivity contribution in [3.63, 3.8) is 0 Å². The van der Waals surface area contributed by atoms with Crippen LogP contribution in [-0.4, -0.2) is 24.3 Å². The van der Waals surface area contributed by atoms with Crippen LogP contribution in [0.3, 0.4) is 0 Å². The van der Waals surface area contributed by atoms with E-state index in [1.807, 2.05) is 11.3 Å². The highest BCUT2D eigenvalue weighted by Crippen LogP contribution is 2.32. The van der Waals surface area contributed by atoms with Crippen LogP contribution in [-0.2, 0) is 0 Å². The number of hydrogen-bond donors (Lipinski definition) is 0. The third-order valence-electron chi connectivity index (χ3n) is 2.96. The summed E-state index contributed by atoms with van der Waals surface area (Å²) in [6.07, 6.45) is 4.74. The lowest BCUT2D eigenvalue weighted by atomic mass is 10.3. The number of benzene rings is 1. The SMILES string of the molecule is CSc1ccc2nc(N3CCCC3)sc2c1. The van der Waals surface area contributed by atoms with E-state index < -0.39 is 0 Å². The molecule has 1 aromatic heterocycles. The predicted molar refractivity (Wildman–Crippen MR) is 72.8 cm³/mol. The van der Waals surface area contributed by atoms with Gasteiger partial charge in [-0.3, -0.25) is 0 Å². The Bertz CT molecular complexity index is 501. The molecule has 2 heterocycles. The molecule has 16 heavy (non-hydrogen) atoms. The number of rotatable bonds is 2. The Morgan fingerprint density at radius 1 is 1.31 bits per heavy atom. The Hall–Kier alpha value is -0.740. The van der Waals surface area contributed by atoms with Crippen LogP contribution >= 0.6 is 23.1 Å². The lowest BCUT2D eigenvalue weighted by Crippen LogP contribution is -2.16. The maximum atomic E-state index is 4.71. The van der Waals surface area contributed by atoms with Crippen molar-refractivity contribution in [1.82, 2.24) is 4.98 Å². The zero-order valence-electron chi connectivity index (χ0n) is 9.27. The maximum absolute atomic E-state index is 4.71. The Morgan fingerprint density at radius 2 is 2.12 bits per heavy atom. The molecule has 1 aliphatic heterocycles. The molecule has 0 radical (unpaired) electrons. The summed E-state index contributed by atoms with van der Waals surface area (Å²) >= 11 is 3.62. The summed E-state index contributed by atoms with van der Waals surface area (Å²) in [5, 5.41) is 1.20. The smallest absolute Gasteiger partial charge is 0.186 e. The second-order valence-corrected chi connectivity index (χ2v) is 5.91. The van der Waals surface area contributed by atoms with Gasteiger partial charge in [-0.05, 0) is 37.3 Å². The quantitative estimate of drug-likeness (QED) is 0.757. The number of fused-ring (bicyclic) bond motifs is 1. The Balaban J connectivity index is 2.01. The first kappa shape index (κ1) is 10.4. The summed E-state index contributed by atoms with van der Waals surface area (Å²) in [4.78, 5) is 8.43. The minimum atomic E-state index is 1.14. The molecule has 1 fully saturated rings. The molecule has 0 unspecified atom stereocenters. The largest absolute Gasteiger partial charge is 0.348 e. The van der Waals surface area contributed by atoms with Crippen molar-refractivity contribution < 1.29 is 0 Å². The van der Waals surface area contributed by atoms with E-state index in [9.17, 15) is 0 Å². The van der Waals surface area contributed by atoms with Crippen LogP contribution in [0.15, 0.2) is 23.1 Å². The molecule has 4 heteroatoms. The topological polar surface area (TPSA) is 16.1 Å². The average molecular weight is 250 g/mol. The summed E-state index contributed by atoms with van der Waals surface area (Å²) < 4.78 is 1.31. The maximum Gasteiger partial charge on any atom is 0.186 e. The van der Waals surface area contributed by atoms with Crippen molar-refractivity contribution in [3.8, 4) is 0 Å². The first-order chi connectivity index (χ1) is 7.86. The van der Waals surface area contributed by atoms with E-state index in [-0.39, 0.29) is 0 Å². The molecule has 1 aliphatic rings. The van der Waals surface area contributed by atoms with E-state index in [1.54, 1.807) is 11.8 Å². The molecule has 84 valence electrons. The highest BCUT2D eigenvalue weighted by Gasteiger charge is 2.16. The molecule has 0 N–H and O–H groups in total.